The minimum absolute atomic E-state index is 0.162. The van der Waals surface area contributed by atoms with E-state index in [2.05, 4.69) is 14.9 Å². The lowest BCUT2D eigenvalue weighted by Crippen LogP contribution is -2.16. The van der Waals surface area contributed by atoms with Crippen LogP contribution >= 0.6 is 0 Å². The van der Waals surface area contributed by atoms with Gasteiger partial charge in [0.05, 0.1) is 18.1 Å². The van der Waals surface area contributed by atoms with Crippen LogP contribution in [0.25, 0.3) is 0 Å². The Morgan fingerprint density at radius 2 is 1.96 bits per heavy atom. The normalized spacial score (nSPS) is 18.0. The molecule has 1 aromatic carbocycles. The monoisotopic (exact) mass is 337 g/mol. The molecule has 1 aromatic heterocycles. The number of ether oxygens (including phenoxy) is 1. The Bertz CT molecular complexity index is 758. The molecule has 2 aromatic rings. The first-order valence-corrected chi connectivity index (χ1v) is 8.83. The fourth-order valence-electron chi connectivity index (χ4n) is 2.38. The molecule has 1 aliphatic rings. The van der Waals surface area contributed by atoms with E-state index < -0.39 is 15.8 Å². The van der Waals surface area contributed by atoms with Gasteiger partial charge in [-0.05, 0) is 36.2 Å². The number of hydrogen-bond donors (Lipinski definition) is 1. The molecule has 1 N–H and O–H groups in total. The Kier molecular flexibility index (Phi) is 4.53. The molecule has 122 valence electrons. The summed E-state index contributed by atoms with van der Waals surface area (Å²) in [4.78, 5) is 0. The van der Waals surface area contributed by atoms with Gasteiger partial charge in [-0.15, -0.1) is 5.10 Å². The van der Waals surface area contributed by atoms with Crippen molar-refractivity contribution in [1.82, 2.24) is 10.2 Å². The van der Waals surface area contributed by atoms with Crippen molar-refractivity contribution in [2.45, 2.75) is 18.1 Å². The fourth-order valence-corrected chi connectivity index (χ4v) is 3.51. The van der Waals surface area contributed by atoms with Crippen LogP contribution in [-0.4, -0.2) is 31.8 Å². The van der Waals surface area contributed by atoms with Crippen molar-refractivity contribution >= 4 is 15.8 Å². The molecule has 0 saturated carbocycles. The molecular formula is C15H16FN3O3S. The number of benzene rings is 1. The summed E-state index contributed by atoms with van der Waals surface area (Å²) in [5.41, 5.74) is 1.29. The van der Waals surface area contributed by atoms with Gasteiger partial charge in [0.15, 0.2) is 5.82 Å². The van der Waals surface area contributed by atoms with Gasteiger partial charge in [-0.3, -0.25) is 4.72 Å². The van der Waals surface area contributed by atoms with Gasteiger partial charge in [-0.25, -0.2) is 12.8 Å². The minimum atomic E-state index is -3.63. The first kappa shape index (κ1) is 15.8. The molecule has 1 fully saturated rings. The number of hydrogen-bond acceptors (Lipinski definition) is 5. The van der Waals surface area contributed by atoms with E-state index >= 15 is 0 Å². The predicted octanol–water partition coefficient (Wildman–Crippen LogP) is 2.06. The predicted molar refractivity (Wildman–Crippen MR) is 82.9 cm³/mol. The molecule has 1 atom stereocenters. The molecule has 1 aliphatic heterocycles. The molecule has 6 nitrogen and oxygen atoms in total. The molecule has 0 aliphatic carbocycles. The zero-order valence-corrected chi connectivity index (χ0v) is 13.1. The Morgan fingerprint density at radius 3 is 2.57 bits per heavy atom. The van der Waals surface area contributed by atoms with Crippen LogP contribution in [0.2, 0.25) is 0 Å². The minimum Gasteiger partial charge on any atom is -0.381 e. The Balaban J connectivity index is 1.66. The maximum atomic E-state index is 12.8. The van der Waals surface area contributed by atoms with Crippen LogP contribution < -0.4 is 4.72 Å². The topological polar surface area (TPSA) is 81.2 Å². The zero-order chi connectivity index (χ0) is 16.3. The number of nitrogens with one attached hydrogen (secondary N) is 1. The van der Waals surface area contributed by atoms with Crippen molar-refractivity contribution < 1.29 is 17.5 Å². The number of halogens is 1. The summed E-state index contributed by atoms with van der Waals surface area (Å²) in [5, 5.41) is 7.97. The lowest BCUT2D eigenvalue weighted by Gasteiger charge is -2.09. The average molecular weight is 337 g/mol. The number of rotatable bonds is 5. The summed E-state index contributed by atoms with van der Waals surface area (Å²) in [6.45, 7) is 1.32. The van der Waals surface area contributed by atoms with Crippen molar-refractivity contribution in [2.75, 3.05) is 17.9 Å². The van der Waals surface area contributed by atoms with Crippen molar-refractivity contribution in [3.05, 3.63) is 53.5 Å². The van der Waals surface area contributed by atoms with Crippen LogP contribution in [0.5, 0.6) is 0 Å². The average Bonchev–Trinajstić information content (AvgIpc) is 3.04. The highest BCUT2D eigenvalue weighted by Crippen LogP contribution is 2.23. The van der Waals surface area contributed by atoms with Crippen LogP contribution in [0.15, 0.2) is 36.4 Å². The number of sulfonamides is 1. The second kappa shape index (κ2) is 6.59. The van der Waals surface area contributed by atoms with Gasteiger partial charge in [-0.1, -0.05) is 12.1 Å². The van der Waals surface area contributed by atoms with E-state index in [1.165, 1.54) is 24.3 Å². The van der Waals surface area contributed by atoms with E-state index in [-0.39, 0.29) is 17.5 Å². The molecular weight excluding hydrogens is 321 g/mol. The van der Waals surface area contributed by atoms with Gasteiger partial charge < -0.3 is 4.74 Å². The molecule has 0 amide bonds. The maximum Gasteiger partial charge on any atom is 0.238 e. The van der Waals surface area contributed by atoms with Crippen LogP contribution in [0.4, 0.5) is 10.2 Å². The van der Waals surface area contributed by atoms with Crippen LogP contribution in [-0.2, 0) is 20.5 Å². The molecule has 0 bridgehead atoms. The van der Waals surface area contributed by atoms with Crippen molar-refractivity contribution in [3.8, 4) is 0 Å². The Labute approximate surface area is 133 Å². The Morgan fingerprint density at radius 1 is 1.17 bits per heavy atom. The second-order valence-electron chi connectivity index (χ2n) is 5.39. The smallest absolute Gasteiger partial charge is 0.238 e. The lowest BCUT2D eigenvalue weighted by molar-refractivity contribution is 0.193. The molecule has 0 radical (unpaired) electrons. The van der Waals surface area contributed by atoms with Gasteiger partial charge in [0.1, 0.15) is 5.82 Å². The molecule has 23 heavy (non-hydrogen) atoms. The van der Waals surface area contributed by atoms with E-state index in [0.717, 1.165) is 12.1 Å². The third-order valence-electron chi connectivity index (χ3n) is 3.56. The maximum absolute atomic E-state index is 12.8. The van der Waals surface area contributed by atoms with Gasteiger partial charge in [0.25, 0.3) is 0 Å². The van der Waals surface area contributed by atoms with Gasteiger partial charge >= 0.3 is 0 Å². The lowest BCUT2D eigenvalue weighted by atomic mass is 10.1. The van der Waals surface area contributed by atoms with Crippen LogP contribution in [0, 0.1) is 5.82 Å². The zero-order valence-electron chi connectivity index (χ0n) is 12.3. The molecule has 3 rings (SSSR count). The van der Waals surface area contributed by atoms with Gasteiger partial charge in [0.2, 0.25) is 10.0 Å². The highest BCUT2D eigenvalue weighted by Gasteiger charge is 2.20. The largest absolute Gasteiger partial charge is 0.381 e. The van der Waals surface area contributed by atoms with Gasteiger partial charge in [0, 0.05) is 12.5 Å². The van der Waals surface area contributed by atoms with E-state index in [0.29, 0.717) is 18.8 Å². The van der Waals surface area contributed by atoms with E-state index in [9.17, 15) is 12.8 Å². The molecule has 2 heterocycles. The highest BCUT2D eigenvalue weighted by atomic mass is 32.2. The number of nitrogens with zero attached hydrogens (tertiary/aromatic N) is 2. The third-order valence-corrected chi connectivity index (χ3v) is 4.80. The molecule has 1 saturated heterocycles. The number of anilines is 1. The quantitative estimate of drug-likeness (QED) is 0.903. The standard InChI is InChI=1S/C15H16FN3O3S/c16-13-3-1-11(2-4-13)10-23(20,21)19-15-6-5-14(17-18-15)12-7-8-22-9-12/h1-6,12H,7-10H2,(H,18,19). The SMILES string of the molecule is O=S(=O)(Cc1ccc(F)cc1)Nc1ccc(C2CCOC2)nn1. The van der Waals surface area contributed by atoms with Crippen molar-refractivity contribution in [2.24, 2.45) is 0 Å². The van der Waals surface area contributed by atoms with Crippen LogP contribution in [0.3, 0.4) is 0 Å². The summed E-state index contributed by atoms with van der Waals surface area (Å²) in [6.07, 6.45) is 0.893. The van der Waals surface area contributed by atoms with E-state index in [1.54, 1.807) is 12.1 Å². The molecule has 1 unspecified atom stereocenters. The third kappa shape index (κ3) is 4.23. The molecule has 8 heteroatoms. The van der Waals surface area contributed by atoms with E-state index in [1.807, 2.05) is 0 Å². The first-order valence-electron chi connectivity index (χ1n) is 7.18. The second-order valence-corrected chi connectivity index (χ2v) is 7.11. The highest BCUT2D eigenvalue weighted by molar-refractivity contribution is 7.91. The summed E-state index contributed by atoms with van der Waals surface area (Å²) >= 11 is 0. The van der Waals surface area contributed by atoms with E-state index in [4.69, 9.17) is 4.74 Å². The first-order chi connectivity index (χ1) is 11.0. The Hall–Kier alpha value is -2.06. The van der Waals surface area contributed by atoms with Crippen molar-refractivity contribution in [1.29, 1.82) is 0 Å². The molecule has 0 spiro atoms. The van der Waals surface area contributed by atoms with Crippen LogP contribution in [0.1, 0.15) is 23.6 Å². The fraction of sp³-hybridized carbons (Fsp3) is 0.333. The summed E-state index contributed by atoms with van der Waals surface area (Å²) in [5.74, 6) is -0.286. The summed E-state index contributed by atoms with van der Waals surface area (Å²) < 4.78 is 44.7. The summed E-state index contributed by atoms with van der Waals surface area (Å²) in [7, 11) is -3.63. The van der Waals surface area contributed by atoms with Crippen molar-refractivity contribution in [3.63, 3.8) is 0 Å². The van der Waals surface area contributed by atoms with Gasteiger partial charge in [-0.2, -0.15) is 5.10 Å². The summed E-state index contributed by atoms with van der Waals surface area (Å²) in [6, 6.07) is 8.66. The number of aromatic nitrogens is 2.